The molecule has 0 radical (unpaired) electrons. The van der Waals surface area contributed by atoms with Crippen LogP contribution in [0.25, 0.3) is 0 Å². The Morgan fingerprint density at radius 1 is 1.14 bits per heavy atom. The Labute approximate surface area is 167 Å². The third-order valence-electron chi connectivity index (χ3n) is 6.80. The van der Waals surface area contributed by atoms with Gasteiger partial charge in [0, 0.05) is 44.2 Å². The summed E-state index contributed by atoms with van der Waals surface area (Å²) in [4.78, 5) is 17.1. The van der Waals surface area contributed by atoms with Crippen LogP contribution in [0.5, 0.6) is 0 Å². The van der Waals surface area contributed by atoms with Gasteiger partial charge < -0.3 is 19.5 Å². The van der Waals surface area contributed by atoms with E-state index in [-0.39, 0.29) is 11.6 Å². The zero-order valence-electron chi connectivity index (χ0n) is 17.2. The highest BCUT2D eigenvalue weighted by Crippen LogP contribution is 2.34. The predicted molar refractivity (Wildman–Crippen MR) is 106 cm³/mol. The minimum atomic E-state index is -0.0224. The second-order valence-corrected chi connectivity index (χ2v) is 8.64. The Bertz CT molecular complexity index is 663. The molecule has 0 atom stereocenters. The minimum Gasteiger partial charge on any atom is -0.379 e. The first-order valence-corrected chi connectivity index (χ1v) is 11.0. The molecule has 156 valence electrons. The summed E-state index contributed by atoms with van der Waals surface area (Å²) in [6.45, 7) is 4.76. The number of carbonyl (C=O) groups excluding carboxylic acids is 1. The lowest BCUT2D eigenvalue weighted by Gasteiger charge is -2.48. The molecule has 2 fully saturated rings. The van der Waals surface area contributed by atoms with Gasteiger partial charge >= 0.3 is 6.03 Å². The third-order valence-corrected chi connectivity index (χ3v) is 6.80. The molecule has 4 rings (SSSR count). The lowest BCUT2D eigenvalue weighted by Crippen LogP contribution is -2.60. The van der Waals surface area contributed by atoms with Crippen molar-refractivity contribution in [2.24, 2.45) is 0 Å². The van der Waals surface area contributed by atoms with Gasteiger partial charge in [-0.2, -0.15) is 0 Å². The number of amides is 2. The van der Waals surface area contributed by atoms with Crippen LogP contribution < -0.4 is 5.32 Å². The number of morpholine rings is 1. The van der Waals surface area contributed by atoms with Gasteiger partial charge in [-0.3, -0.25) is 4.90 Å². The van der Waals surface area contributed by atoms with Gasteiger partial charge in [-0.05, 0) is 32.1 Å². The highest BCUT2D eigenvalue weighted by molar-refractivity contribution is 5.74. The normalized spacial score (nSPS) is 22.5. The van der Waals surface area contributed by atoms with E-state index in [0.717, 1.165) is 63.4 Å². The molecule has 28 heavy (non-hydrogen) atoms. The molecule has 7 heteroatoms. The molecule has 1 saturated heterocycles. The first kappa shape index (κ1) is 19.7. The maximum Gasteiger partial charge on any atom is 0.317 e. The molecule has 7 nitrogen and oxygen atoms in total. The van der Waals surface area contributed by atoms with Crippen molar-refractivity contribution in [3.63, 3.8) is 0 Å². The Balaban J connectivity index is 1.35. The average molecular weight is 391 g/mol. The largest absolute Gasteiger partial charge is 0.379 e. The summed E-state index contributed by atoms with van der Waals surface area (Å²) in [6, 6.07) is -0.0224. The predicted octanol–water partition coefficient (Wildman–Crippen LogP) is 2.73. The standard InChI is InChI=1S/C21H34N4O3/c1-24(15-18-17-7-3-4-8-19(17)28-23-18)20(26)22-16-21(9-5-2-6-10-21)25-11-13-27-14-12-25/h2-16H2,1H3,(H,22,26). The molecule has 0 bridgehead atoms. The number of urea groups is 1. The molecule has 0 unspecified atom stereocenters. The Morgan fingerprint density at radius 2 is 1.89 bits per heavy atom. The van der Waals surface area contributed by atoms with E-state index in [1.807, 2.05) is 7.05 Å². The minimum absolute atomic E-state index is 0.0224. The average Bonchev–Trinajstić information content (AvgIpc) is 3.16. The van der Waals surface area contributed by atoms with Gasteiger partial charge in [0.2, 0.25) is 0 Å². The van der Waals surface area contributed by atoms with Crippen molar-refractivity contribution in [2.75, 3.05) is 39.9 Å². The molecule has 2 heterocycles. The van der Waals surface area contributed by atoms with E-state index >= 15 is 0 Å². The first-order valence-electron chi connectivity index (χ1n) is 11.0. The summed E-state index contributed by atoms with van der Waals surface area (Å²) >= 11 is 0. The van der Waals surface area contributed by atoms with Crippen molar-refractivity contribution in [3.05, 3.63) is 17.0 Å². The molecule has 1 aromatic rings. The van der Waals surface area contributed by atoms with Crippen LogP contribution in [0.15, 0.2) is 4.52 Å². The number of carbonyl (C=O) groups is 1. The highest BCUT2D eigenvalue weighted by atomic mass is 16.5. The molecule has 2 amide bonds. The van der Waals surface area contributed by atoms with Crippen LogP contribution in [0.4, 0.5) is 4.79 Å². The quantitative estimate of drug-likeness (QED) is 0.837. The number of ether oxygens (including phenoxy) is 1. The van der Waals surface area contributed by atoms with E-state index in [9.17, 15) is 4.79 Å². The molecule has 1 saturated carbocycles. The number of rotatable bonds is 5. The Kier molecular flexibility index (Phi) is 6.21. The lowest BCUT2D eigenvalue weighted by atomic mass is 9.80. The van der Waals surface area contributed by atoms with Gasteiger partial charge in [-0.15, -0.1) is 0 Å². The summed E-state index contributed by atoms with van der Waals surface area (Å²) in [6.07, 6.45) is 10.5. The van der Waals surface area contributed by atoms with Crippen LogP contribution in [-0.2, 0) is 24.1 Å². The van der Waals surface area contributed by atoms with Crippen molar-refractivity contribution in [1.29, 1.82) is 0 Å². The van der Waals surface area contributed by atoms with E-state index in [1.165, 1.54) is 37.7 Å². The molecule has 0 spiro atoms. The Hall–Kier alpha value is -1.60. The molecular formula is C21H34N4O3. The van der Waals surface area contributed by atoms with Crippen molar-refractivity contribution in [3.8, 4) is 0 Å². The molecule has 3 aliphatic rings. The fraction of sp³-hybridized carbons (Fsp3) is 0.810. The van der Waals surface area contributed by atoms with E-state index < -0.39 is 0 Å². The van der Waals surface area contributed by atoms with Crippen LogP contribution in [-0.4, -0.2) is 66.4 Å². The monoisotopic (exact) mass is 390 g/mol. The summed E-state index contributed by atoms with van der Waals surface area (Å²) in [5.41, 5.74) is 2.24. The summed E-state index contributed by atoms with van der Waals surface area (Å²) in [7, 11) is 1.85. The number of hydrogen-bond acceptors (Lipinski definition) is 5. The van der Waals surface area contributed by atoms with Crippen LogP contribution in [0, 0.1) is 0 Å². The lowest BCUT2D eigenvalue weighted by molar-refractivity contribution is -0.0360. The van der Waals surface area contributed by atoms with Crippen molar-refractivity contribution >= 4 is 6.03 Å². The SMILES string of the molecule is CN(Cc1noc2c1CCCC2)C(=O)NCC1(N2CCOCC2)CCCCC1. The van der Waals surface area contributed by atoms with Crippen LogP contribution in [0.3, 0.4) is 0 Å². The molecular weight excluding hydrogens is 356 g/mol. The van der Waals surface area contributed by atoms with Gasteiger partial charge in [-0.25, -0.2) is 4.79 Å². The van der Waals surface area contributed by atoms with E-state index in [4.69, 9.17) is 9.26 Å². The van der Waals surface area contributed by atoms with Gasteiger partial charge in [0.1, 0.15) is 11.5 Å². The number of nitrogens with one attached hydrogen (secondary N) is 1. The first-order chi connectivity index (χ1) is 13.7. The number of fused-ring (bicyclic) bond motifs is 1. The number of aryl methyl sites for hydroxylation is 1. The van der Waals surface area contributed by atoms with Crippen molar-refractivity contribution < 1.29 is 14.1 Å². The highest BCUT2D eigenvalue weighted by Gasteiger charge is 2.39. The topological polar surface area (TPSA) is 70.8 Å². The zero-order chi connectivity index (χ0) is 19.4. The van der Waals surface area contributed by atoms with Crippen LogP contribution >= 0.6 is 0 Å². The number of aromatic nitrogens is 1. The maximum atomic E-state index is 12.8. The van der Waals surface area contributed by atoms with Gasteiger partial charge in [0.05, 0.1) is 19.8 Å². The van der Waals surface area contributed by atoms with E-state index in [1.54, 1.807) is 4.90 Å². The van der Waals surface area contributed by atoms with Crippen molar-refractivity contribution in [2.45, 2.75) is 69.9 Å². The number of hydrogen-bond donors (Lipinski definition) is 1. The molecule has 0 aromatic carbocycles. The van der Waals surface area contributed by atoms with E-state index in [0.29, 0.717) is 13.1 Å². The smallest absolute Gasteiger partial charge is 0.317 e. The van der Waals surface area contributed by atoms with Gasteiger partial charge in [0.15, 0.2) is 0 Å². The molecule has 2 aliphatic carbocycles. The summed E-state index contributed by atoms with van der Waals surface area (Å²) in [5.74, 6) is 1.02. The van der Waals surface area contributed by atoms with Crippen molar-refractivity contribution in [1.82, 2.24) is 20.3 Å². The van der Waals surface area contributed by atoms with Gasteiger partial charge in [-0.1, -0.05) is 24.4 Å². The van der Waals surface area contributed by atoms with Gasteiger partial charge in [0.25, 0.3) is 0 Å². The zero-order valence-corrected chi connectivity index (χ0v) is 17.2. The molecule has 1 aliphatic heterocycles. The Morgan fingerprint density at radius 3 is 2.68 bits per heavy atom. The number of nitrogens with zero attached hydrogens (tertiary/aromatic N) is 3. The second-order valence-electron chi connectivity index (χ2n) is 8.64. The molecule has 1 N–H and O–H groups in total. The maximum absolute atomic E-state index is 12.8. The summed E-state index contributed by atoms with van der Waals surface area (Å²) in [5, 5.41) is 7.47. The van der Waals surface area contributed by atoms with E-state index in [2.05, 4.69) is 15.4 Å². The second kappa shape index (κ2) is 8.82. The van der Waals surface area contributed by atoms with Crippen LogP contribution in [0.1, 0.15) is 62.0 Å². The fourth-order valence-electron chi connectivity index (χ4n) is 5.10. The third kappa shape index (κ3) is 4.20. The fourth-order valence-corrected chi connectivity index (χ4v) is 5.10. The van der Waals surface area contributed by atoms with Crippen LogP contribution in [0.2, 0.25) is 0 Å². The molecule has 1 aromatic heterocycles. The summed E-state index contributed by atoms with van der Waals surface area (Å²) < 4.78 is 11.0.